The molecule has 0 saturated heterocycles. The fourth-order valence-corrected chi connectivity index (χ4v) is 3.39. The molecular formula is C19H23N3O4. The first kappa shape index (κ1) is 18.1. The van der Waals surface area contributed by atoms with Gasteiger partial charge < -0.3 is 15.5 Å². The van der Waals surface area contributed by atoms with E-state index in [0.717, 1.165) is 25.7 Å². The van der Waals surface area contributed by atoms with Crippen molar-refractivity contribution >= 4 is 11.9 Å². The molecule has 1 aromatic carbocycles. The van der Waals surface area contributed by atoms with Crippen molar-refractivity contribution in [1.82, 2.24) is 15.1 Å². The van der Waals surface area contributed by atoms with E-state index in [1.165, 1.54) is 10.9 Å². The van der Waals surface area contributed by atoms with Crippen LogP contribution in [0.5, 0.6) is 0 Å². The SMILES string of the molecule is Cc1c(C(=O)O)cnn1-c1ccc(C(=O)NC[C@@H]2CCCC[C@H]2O)cc1. The smallest absolute Gasteiger partial charge is 0.339 e. The van der Waals surface area contributed by atoms with E-state index in [1.54, 1.807) is 31.2 Å². The third-order valence-electron chi connectivity index (χ3n) is 5.01. The molecule has 1 aromatic heterocycles. The van der Waals surface area contributed by atoms with Gasteiger partial charge in [0.1, 0.15) is 5.56 Å². The summed E-state index contributed by atoms with van der Waals surface area (Å²) in [7, 11) is 0. The van der Waals surface area contributed by atoms with Crippen LogP contribution >= 0.6 is 0 Å². The summed E-state index contributed by atoms with van der Waals surface area (Å²) in [6.07, 6.45) is 4.85. The summed E-state index contributed by atoms with van der Waals surface area (Å²) < 4.78 is 1.53. The number of carboxylic acid groups (broad SMARTS) is 1. The van der Waals surface area contributed by atoms with Gasteiger partial charge >= 0.3 is 5.97 Å². The maximum absolute atomic E-state index is 12.3. The third-order valence-corrected chi connectivity index (χ3v) is 5.01. The number of hydrogen-bond donors (Lipinski definition) is 3. The Kier molecular flexibility index (Phi) is 5.37. The van der Waals surface area contributed by atoms with Crippen LogP contribution < -0.4 is 5.32 Å². The predicted molar refractivity (Wildman–Crippen MR) is 95.6 cm³/mol. The fourth-order valence-electron chi connectivity index (χ4n) is 3.39. The van der Waals surface area contributed by atoms with E-state index in [2.05, 4.69) is 10.4 Å². The first-order chi connectivity index (χ1) is 12.5. The summed E-state index contributed by atoms with van der Waals surface area (Å²) in [5, 5.41) is 26.1. The first-order valence-electron chi connectivity index (χ1n) is 8.82. The second kappa shape index (κ2) is 7.70. The molecule has 0 aliphatic heterocycles. The van der Waals surface area contributed by atoms with Crippen LogP contribution in [-0.4, -0.2) is 44.5 Å². The van der Waals surface area contributed by atoms with Gasteiger partial charge in [-0.15, -0.1) is 0 Å². The molecule has 7 nitrogen and oxygen atoms in total. The highest BCUT2D eigenvalue weighted by Crippen LogP contribution is 2.23. The minimum Gasteiger partial charge on any atom is -0.478 e. The second-order valence-corrected chi connectivity index (χ2v) is 6.73. The summed E-state index contributed by atoms with van der Waals surface area (Å²) in [6.45, 7) is 2.16. The standard InChI is InChI=1S/C19H23N3O4/c1-12-16(19(25)26)11-21-22(12)15-8-6-13(7-9-15)18(24)20-10-14-4-2-3-5-17(14)23/h6-9,11,14,17,23H,2-5,10H2,1H3,(H,20,24)(H,25,26)/t14-,17+/m0/s1. The number of amides is 1. The average Bonchev–Trinajstić information content (AvgIpc) is 3.02. The zero-order valence-electron chi connectivity index (χ0n) is 14.7. The van der Waals surface area contributed by atoms with Crippen LogP contribution in [0.15, 0.2) is 30.5 Å². The van der Waals surface area contributed by atoms with Crippen molar-refractivity contribution in [3.05, 3.63) is 47.3 Å². The molecule has 2 atom stereocenters. The van der Waals surface area contributed by atoms with Gasteiger partial charge in [-0.1, -0.05) is 12.8 Å². The maximum atomic E-state index is 12.3. The van der Waals surface area contributed by atoms with E-state index >= 15 is 0 Å². The number of carboxylic acids is 1. The number of carbonyl (C=O) groups is 2. The van der Waals surface area contributed by atoms with Gasteiger partial charge in [-0.3, -0.25) is 4.79 Å². The van der Waals surface area contributed by atoms with E-state index in [1.807, 2.05) is 0 Å². The molecule has 1 heterocycles. The molecule has 26 heavy (non-hydrogen) atoms. The summed E-state index contributed by atoms with van der Waals surface area (Å²) >= 11 is 0. The monoisotopic (exact) mass is 357 g/mol. The zero-order chi connectivity index (χ0) is 18.7. The number of aliphatic hydroxyl groups excluding tert-OH is 1. The van der Waals surface area contributed by atoms with Crippen LogP contribution in [0, 0.1) is 12.8 Å². The number of hydrogen-bond acceptors (Lipinski definition) is 4. The molecule has 3 rings (SSSR count). The fraction of sp³-hybridized carbons (Fsp3) is 0.421. The molecule has 138 valence electrons. The Balaban J connectivity index is 1.65. The first-order valence-corrected chi connectivity index (χ1v) is 8.82. The normalized spacial score (nSPS) is 19.9. The van der Waals surface area contributed by atoms with Gasteiger partial charge in [-0.05, 0) is 44.0 Å². The summed E-state index contributed by atoms with van der Waals surface area (Å²) in [6, 6.07) is 6.83. The van der Waals surface area contributed by atoms with Crippen molar-refractivity contribution in [1.29, 1.82) is 0 Å². The van der Waals surface area contributed by atoms with Crippen LogP contribution in [0.4, 0.5) is 0 Å². The lowest BCUT2D eigenvalue weighted by molar-refractivity contribution is 0.0661. The van der Waals surface area contributed by atoms with Gasteiger partial charge in [0.2, 0.25) is 0 Å². The third kappa shape index (κ3) is 3.77. The largest absolute Gasteiger partial charge is 0.478 e. The van der Waals surface area contributed by atoms with Crippen molar-refractivity contribution in [3.63, 3.8) is 0 Å². The average molecular weight is 357 g/mol. The molecule has 0 bridgehead atoms. The van der Waals surface area contributed by atoms with Crippen LogP contribution in [0.2, 0.25) is 0 Å². The Morgan fingerprint density at radius 2 is 1.92 bits per heavy atom. The number of rotatable bonds is 5. The topological polar surface area (TPSA) is 104 Å². The van der Waals surface area contributed by atoms with E-state index in [9.17, 15) is 14.7 Å². The van der Waals surface area contributed by atoms with Gasteiger partial charge in [0.25, 0.3) is 5.91 Å². The molecular weight excluding hydrogens is 334 g/mol. The second-order valence-electron chi connectivity index (χ2n) is 6.73. The van der Waals surface area contributed by atoms with Crippen LogP contribution in [0.25, 0.3) is 5.69 Å². The highest BCUT2D eigenvalue weighted by Gasteiger charge is 2.23. The Morgan fingerprint density at radius 1 is 1.23 bits per heavy atom. The van der Waals surface area contributed by atoms with Gasteiger partial charge in [0.05, 0.1) is 23.7 Å². The summed E-state index contributed by atoms with van der Waals surface area (Å²) in [5.41, 5.74) is 1.88. The van der Waals surface area contributed by atoms with Crippen molar-refractivity contribution in [2.75, 3.05) is 6.54 Å². The van der Waals surface area contributed by atoms with E-state index in [-0.39, 0.29) is 23.5 Å². The number of nitrogens with one attached hydrogen (secondary N) is 1. The molecule has 1 amide bonds. The van der Waals surface area contributed by atoms with Gasteiger partial charge in [-0.25, -0.2) is 9.48 Å². The van der Waals surface area contributed by atoms with Gasteiger partial charge in [0.15, 0.2) is 0 Å². The van der Waals surface area contributed by atoms with Gasteiger partial charge in [-0.2, -0.15) is 5.10 Å². The zero-order valence-corrected chi connectivity index (χ0v) is 14.7. The molecule has 1 fully saturated rings. The minimum atomic E-state index is -1.02. The Morgan fingerprint density at radius 3 is 2.54 bits per heavy atom. The Hall–Kier alpha value is -2.67. The van der Waals surface area contributed by atoms with Crippen molar-refractivity contribution in [2.24, 2.45) is 5.92 Å². The molecule has 0 unspecified atom stereocenters. The summed E-state index contributed by atoms with van der Waals surface area (Å²) in [5.74, 6) is -1.08. The van der Waals surface area contributed by atoms with Crippen molar-refractivity contribution < 1.29 is 19.8 Å². The lowest BCUT2D eigenvalue weighted by Gasteiger charge is -2.27. The highest BCUT2D eigenvalue weighted by molar-refractivity contribution is 5.94. The maximum Gasteiger partial charge on any atom is 0.339 e. The van der Waals surface area contributed by atoms with E-state index < -0.39 is 5.97 Å². The number of benzene rings is 1. The van der Waals surface area contributed by atoms with Gasteiger partial charge in [0, 0.05) is 18.0 Å². The number of aromatic carboxylic acids is 1. The highest BCUT2D eigenvalue weighted by atomic mass is 16.4. The van der Waals surface area contributed by atoms with E-state index in [0.29, 0.717) is 23.5 Å². The lowest BCUT2D eigenvalue weighted by atomic mass is 9.86. The van der Waals surface area contributed by atoms with Crippen LogP contribution in [0.1, 0.15) is 52.1 Å². The van der Waals surface area contributed by atoms with Crippen LogP contribution in [-0.2, 0) is 0 Å². The number of aliphatic hydroxyl groups is 1. The quantitative estimate of drug-likeness (QED) is 0.761. The molecule has 1 aliphatic carbocycles. The Labute approximate surface area is 151 Å². The summed E-state index contributed by atoms with van der Waals surface area (Å²) in [4.78, 5) is 23.4. The molecule has 0 radical (unpaired) electrons. The molecule has 3 N–H and O–H groups in total. The number of nitrogens with zero attached hydrogens (tertiary/aromatic N) is 2. The molecule has 7 heteroatoms. The molecule has 2 aromatic rings. The predicted octanol–water partition coefficient (Wildman–Crippen LogP) is 2.16. The number of aromatic nitrogens is 2. The minimum absolute atomic E-state index is 0.119. The van der Waals surface area contributed by atoms with Crippen LogP contribution in [0.3, 0.4) is 0 Å². The number of carbonyl (C=O) groups excluding carboxylic acids is 1. The van der Waals surface area contributed by atoms with Crippen molar-refractivity contribution in [3.8, 4) is 5.69 Å². The molecule has 1 aliphatic rings. The van der Waals surface area contributed by atoms with E-state index in [4.69, 9.17) is 5.11 Å². The molecule has 0 spiro atoms. The Bertz CT molecular complexity index is 798. The van der Waals surface area contributed by atoms with Crippen molar-refractivity contribution in [2.45, 2.75) is 38.7 Å². The lowest BCUT2D eigenvalue weighted by Crippen LogP contribution is -2.36. The molecule has 1 saturated carbocycles.